The molecule has 1 aromatic rings. The van der Waals surface area contributed by atoms with Crippen molar-refractivity contribution in [2.75, 3.05) is 25.9 Å². The Labute approximate surface area is 112 Å². The number of nitrogens with zero attached hydrogens (tertiary/aromatic N) is 1. The van der Waals surface area contributed by atoms with Gasteiger partial charge in [0.2, 0.25) is 10.0 Å². The van der Waals surface area contributed by atoms with Crippen LogP contribution in [0.2, 0.25) is 0 Å². The van der Waals surface area contributed by atoms with Crippen molar-refractivity contribution < 1.29 is 17.9 Å². The number of aliphatic hydroxyl groups is 1. The molecule has 0 aliphatic heterocycles. The number of hydrogen-bond donors (Lipinski definition) is 2. The molecule has 0 radical (unpaired) electrons. The zero-order valence-electron chi connectivity index (χ0n) is 10.8. The minimum Gasteiger partial charge on any atom is -0.396 e. The normalized spacial score (nSPS) is 12.0. The molecule has 5 nitrogen and oxygen atoms in total. The van der Waals surface area contributed by atoms with Gasteiger partial charge in [0.1, 0.15) is 5.82 Å². The average Bonchev–Trinajstić information content (AvgIpc) is 2.37. The van der Waals surface area contributed by atoms with E-state index in [0.717, 1.165) is 12.5 Å². The third-order valence-electron chi connectivity index (χ3n) is 2.81. The van der Waals surface area contributed by atoms with Gasteiger partial charge in [-0.05, 0) is 37.5 Å². The number of benzene rings is 1. The van der Waals surface area contributed by atoms with Crippen molar-refractivity contribution in [3.63, 3.8) is 0 Å². The number of aliphatic hydroxyl groups excluding tert-OH is 1. The molecule has 0 saturated carbocycles. The van der Waals surface area contributed by atoms with Crippen LogP contribution in [0.15, 0.2) is 23.1 Å². The first kappa shape index (κ1) is 15.9. The van der Waals surface area contributed by atoms with Crippen molar-refractivity contribution in [1.82, 2.24) is 4.31 Å². The van der Waals surface area contributed by atoms with E-state index in [0.29, 0.717) is 19.4 Å². The molecule has 0 saturated heterocycles. The van der Waals surface area contributed by atoms with E-state index in [9.17, 15) is 12.8 Å². The molecule has 19 heavy (non-hydrogen) atoms. The van der Waals surface area contributed by atoms with Crippen LogP contribution in [-0.2, 0) is 10.0 Å². The molecule has 0 bridgehead atoms. The first-order chi connectivity index (χ1) is 8.89. The van der Waals surface area contributed by atoms with E-state index in [4.69, 9.17) is 10.8 Å². The van der Waals surface area contributed by atoms with Crippen LogP contribution in [0.5, 0.6) is 0 Å². The highest BCUT2D eigenvalue weighted by Crippen LogP contribution is 2.19. The quantitative estimate of drug-likeness (QED) is 0.583. The molecular formula is C12H19FN2O3S. The van der Waals surface area contributed by atoms with E-state index in [1.54, 1.807) is 0 Å². The number of nitrogen functional groups attached to an aromatic ring is 1. The number of sulfonamides is 1. The van der Waals surface area contributed by atoms with Crippen LogP contribution in [0.4, 0.5) is 10.1 Å². The van der Waals surface area contributed by atoms with E-state index in [1.807, 2.05) is 0 Å². The van der Waals surface area contributed by atoms with E-state index in [1.165, 1.54) is 23.5 Å². The molecule has 0 fully saturated rings. The fraction of sp³-hybridized carbons (Fsp3) is 0.500. The Bertz CT molecular complexity index is 520. The molecule has 7 heteroatoms. The Kier molecular flexibility index (Phi) is 5.71. The van der Waals surface area contributed by atoms with Crippen molar-refractivity contribution in [2.45, 2.75) is 24.2 Å². The molecule has 0 amide bonds. The van der Waals surface area contributed by atoms with Gasteiger partial charge in [-0.15, -0.1) is 0 Å². The number of halogens is 1. The maximum absolute atomic E-state index is 13.3. The molecule has 0 atom stereocenters. The van der Waals surface area contributed by atoms with Gasteiger partial charge in [-0.2, -0.15) is 0 Å². The molecule has 1 aromatic carbocycles. The second-order valence-corrected chi connectivity index (χ2v) is 6.34. The van der Waals surface area contributed by atoms with E-state index in [2.05, 4.69) is 0 Å². The zero-order chi connectivity index (χ0) is 14.5. The fourth-order valence-corrected chi connectivity index (χ4v) is 2.81. The van der Waals surface area contributed by atoms with Gasteiger partial charge in [-0.3, -0.25) is 0 Å². The Morgan fingerprint density at radius 1 is 1.32 bits per heavy atom. The van der Waals surface area contributed by atoms with Crippen molar-refractivity contribution in [3.05, 3.63) is 24.0 Å². The third kappa shape index (κ3) is 4.15. The second kappa shape index (κ2) is 6.83. The first-order valence-electron chi connectivity index (χ1n) is 6.02. The standard InChI is InChI=1S/C12H19FN2O3S/c1-15(7-3-2-4-8-16)19(17,18)10-5-6-12(14)11(13)9-10/h5-6,9,16H,2-4,7-8,14H2,1H3. The van der Waals surface area contributed by atoms with E-state index in [-0.39, 0.29) is 17.2 Å². The van der Waals surface area contributed by atoms with E-state index >= 15 is 0 Å². The first-order valence-corrected chi connectivity index (χ1v) is 7.46. The van der Waals surface area contributed by atoms with Gasteiger partial charge in [-0.1, -0.05) is 0 Å². The Morgan fingerprint density at radius 3 is 2.58 bits per heavy atom. The lowest BCUT2D eigenvalue weighted by atomic mass is 10.2. The van der Waals surface area contributed by atoms with E-state index < -0.39 is 15.8 Å². The predicted octanol–water partition coefficient (Wildman–Crippen LogP) is 1.19. The molecule has 0 heterocycles. The van der Waals surface area contributed by atoms with Crippen LogP contribution in [-0.4, -0.2) is 38.0 Å². The maximum Gasteiger partial charge on any atom is 0.242 e. The molecule has 0 unspecified atom stereocenters. The Morgan fingerprint density at radius 2 is 2.00 bits per heavy atom. The van der Waals surface area contributed by atoms with Gasteiger partial charge < -0.3 is 10.8 Å². The summed E-state index contributed by atoms with van der Waals surface area (Å²) in [7, 11) is -2.24. The van der Waals surface area contributed by atoms with Gasteiger partial charge in [0.15, 0.2) is 0 Å². The number of unbranched alkanes of at least 4 members (excludes halogenated alkanes) is 2. The number of nitrogens with two attached hydrogens (primary N) is 1. The van der Waals surface area contributed by atoms with Gasteiger partial charge in [0.25, 0.3) is 0 Å². The van der Waals surface area contributed by atoms with Crippen molar-refractivity contribution in [2.24, 2.45) is 0 Å². The number of rotatable bonds is 7. The number of hydrogen-bond acceptors (Lipinski definition) is 4. The van der Waals surface area contributed by atoms with Crippen LogP contribution in [0.1, 0.15) is 19.3 Å². The summed E-state index contributed by atoms with van der Waals surface area (Å²) in [5.74, 6) is -0.741. The van der Waals surface area contributed by atoms with Crippen LogP contribution in [0, 0.1) is 5.82 Å². The molecular weight excluding hydrogens is 271 g/mol. The summed E-state index contributed by atoms with van der Waals surface area (Å²) in [4.78, 5) is -0.108. The Balaban J connectivity index is 2.76. The van der Waals surface area contributed by atoms with Crippen LogP contribution >= 0.6 is 0 Å². The van der Waals surface area contributed by atoms with Crippen molar-refractivity contribution in [3.8, 4) is 0 Å². The lowest BCUT2D eigenvalue weighted by Gasteiger charge is -2.17. The highest BCUT2D eigenvalue weighted by atomic mass is 32.2. The molecule has 1 rings (SSSR count). The number of anilines is 1. The summed E-state index contributed by atoms with van der Waals surface area (Å²) < 4.78 is 38.7. The highest BCUT2D eigenvalue weighted by Gasteiger charge is 2.21. The van der Waals surface area contributed by atoms with Gasteiger partial charge in [0, 0.05) is 20.2 Å². The minimum absolute atomic E-state index is 0.0791. The van der Waals surface area contributed by atoms with Crippen molar-refractivity contribution in [1.29, 1.82) is 0 Å². The lowest BCUT2D eigenvalue weighted by molar-refractivity contribution is 0.281. The molecule has 108 valence electrons. The monoisotopic (exact) mass is 290 g/mol. The summed E-state index contributed by atoms with van der Waals surface area (Å²) in [5, 5.41) is 8.64. The summed E-state index contributed by atoms with van der Waals surface area (Å²) >= 11 is 0. The van der Waals surface area contributed by atoms with Gasteiger partial charge in [0.05, 0.1) is 10.6 Å². The summed E-state index contributed by atoms with van der Waals surface area (Å²) in [6.45, 7) is 0.425. The molecule has 3 N–H and O–H groups in total. The van der Waals surface area contributed by atoms with Crippen LogP contribution in [0.3, 0.4) is 0 Å². The molecule has 0 aliphatic carbocycles. The predicted molar refractivity (Wildman–Crippen MR) is 71.6 cm³/mol. The largest absolute Gasteiger partial charge is 0.396 e. The Hall–Kier alpha value is -1.18. The highest BCUT2D eigenvalue weighted by molar-refractivity contribution is 7.89. The average molecular weight is 290 g/mol. The SMILES string of the molecule is CN(CCCCCO)S(=O)(=O)c1ccc(N)c(F)c1. The lowest BCUT2D eigenvalue weighted by Crippen LogP contribution is -2.28. The summed E-state index contributed by atoms with van der Waals surface area (Å²) in [6, 6.07) is 3.45. The topological polar surface area (TPSA) is 83.6 Å². The second-order valence-electron chi connectivity index (χ2n) is 4.29. The summed E-state index contributed by atoms with van der Waals surface area (Å²) in [6.07, 6.45) is 2.03. The minimum atomic E-state index is -3.69. The maximum atomic E-state index is 13.3. The fourth-order valence-electron chi connectivity index (χ4n) is 1.59. The third-order valence-corrected chi connectivity index (χ3v) is 4.66. The summed E-state index contributed by atoms with van der Waals surface area (Å²) in [5.41, 5.74) is 5.24. The molecule has 0 aliphatic rings. The van der Waals surface area contributed by atoms with Crippen LogP contribution < -0.4 is 5.73 Å². The zero-order valence-corrected chi connectivity index (χ0v) is 11.7. The van der Waals surface area contributed by atoms with Crippen LogP contribution in [0.25, 0.3) is 0 Å². The smallest absolute Gasteiger partial charge is 0.242 e. The van der Waals surface area contributed by atoms with Gasteiger partial charge >= 0.3 is 0 Å². The molecule has 0 aromatic heterocycles. The van der Waals surface area contributed by atoms with Gasteiger partial charge in [-0.25, -0.2) is 17.1 Å². The molecule has 0 spiro atoms. The van der Waals surface area contributed by atoms with Crippen molar-refractivity contribution >= 4 is 15.7 Å².